The van der Waals surface area contributed by atoms with Gasteiger partial charge in [0.15, 0.2) is 0 Å². The molecule has 0 aliphatic rings. The van der Waals surface area contributed by atoms with E-state index in [1.807, 2.05) is 0 Å². The SMILES string of the molecule is Cc1[nH]cnc1CCCBr. The molecule has 0 unspecified atom stereocenters. The van der Waals surface area contributed by atoms with Crippen LogP contribution in [-0.2, 0) is 6.42 Å². The molecule has 0 atom stereocenters. The molecule has 3 heteroatoms. The summed E-state index contributed by atoms with van der Waals surface area (Å²) in [6.45, 7) is 2.05. The minimum absolute atomic E-state index is 1.05. The first kappa shape index (κ1) is 7.79. The van der Waals surface area contributed by atoms with Crippen LogP contribution in [0, 0.1) is 6.92 Å². The van der Waals surface area contributed by atoms with E-state index in [1.165, 1.54) is 11.4 Å². The number of alkyl halides is 1. The first-order valence-corrected chi connectivity index (χ1v) is 4.51. The molecule has 2 nitrogen and oxygen atoms in total. The number of hydrogen-bond acceptors (Lipinski definition) is 1. The highest BCUT2D eigenvalue weighted by atomic mass is 79.9. The molecule has 0 bridgehead atoms. The summed E-state index contributed by atoms with van der Waals surface area (Å²) in [5.41, 5.74) is 2.39. The van der Waals surface area contributed by atoms with Crippen molar-refractivity contribution < 1.29 is 0 Å². The van der Waals surface area contributed by atoms with E-state index < -0.39 is 0 Å². The summed E-state index contributed by atoms with van der Waals surface area (Å²) in [6, 6.07) is 0. The Morgan fingerprint density at radius 3 is 3.00 bits per heavy atom. The summed E-state index contributed by atoms with van der Waals surface area (Å²) in [7, 11) is 0. The van der Waals surface area contributed by atoms with Crippen molar-refractivity contribution >= 4 is 15.9 Å². The number of aromatic amines is 1. The van der Waals surface area contributed by atoms with Crippen LogP contribution in [0.15, 0.2) is 6.33 Å². The molecule has 10 heavy (non-hydrogen) atoms. The van der Waals surface area contributed by atoms with Crippen LogP contribution >= 0.6 is 15.9 Å². The van der Waals surface area contributed by atoms with Gasteiger partial charge in [-0.15, -0.1) is 0 Å². The van der Waals surface area contributed by atoms with Gasteiger partial charge in [0.1, 0.15) is 0 Å². The van der Waals surface area contributed by atoms with E-state index in [4.69, 9.17) is 0 Å². The van der Waals surface area contributed by atoms with Crippen LogP contribution in [-0.4, -0.2) is 15.3 Å². The standard InChI is InChI=1S/C7H11BrN2/c1-6-7(3-2-4-8)10-5-9-6/h5H,2-4H2,1H3,(H,9,10). The van der Waals surface area contributed by atoms with Gasteiger partial charge in [-0.3, -0.25) is 0 Å². The van der Waals surface area contributed by atoms with Crippen molar-refractivity contribution in [2.75, 3.05) is 5.33 Å². The maximum Gasteiger partial charge on any atom is 0.0925 e. The maximum absolute atomic E-state index is 4.18. The number of H-pyrrole nitrogens is 1. The highest BCUT2D eigenvalue weighted by molar-refractivity contribution is 9.09. The normalized spacial score (nSPS) is 10.2. The summed E-state index contributed by atoms with van der Waals surface area (Å²) in [4.78, 5) is 7.23. The van der Waals surface area contributed by atoms with Gasteiger partial charge in [0.2, 0.25) is 0 Å². The minimum Gasteiger partial charge on any atom is -0.348 e. The van der Waals surface area contributed by atoms with Gasteiger partial charge >= 0.3 is 0 Å². The molecule has 0 fully saturated rings. The fourth-order valence-electron chi connectivity index (χ4n) is 0.873. The molecule has 0 aliphatic carbocycles. The van der Waals surface area contributed by atoms with Crippen molar-refractivity contribution in [3.63, 3.8) is 0 Å². The lowest BCUT2D eigenvalue weighted by Crippen LogP contribution is -1.88. The molecular formula is C7H11BrN2. The smallest absolute Gasteiger partial charge is 0.0925 e. The third-order valence-corrected chi connectivity index (χ3v) is 2.04. The number of rotatable bonds is 3. The van der Waals surface area contributed by atoms with Gasteiger partial charge in [0.25, 0.3) is 0 Å². The van der Waals surface area contributed by atoms with Crippen molar-refractivity contribution in [3.8, 4) is 0 Å². The zero-order valence-electron chi connectivity index (χ0n) is 6.02. The molecule has 0 amide bonds. The monoisotopic (exact) mass is 202 g/mol. The Kier molecular flexibility index (Phi) is 2.93. The topological polar surface area (TPSA) is 28.7 Å². The van der Waals surface area contributed by atoms with Crippen LogP contribution in [0.25, 0.3) is 0 Å². The number of aryl methyl sites for hydroxylation is 2. The van der Waals surface area contributed by atoms with E-state index in [9.17, 15) is 0 Å². The molecule has 0 saturated carbocycles. The van der Waals surface area contributed by atoms with Crippen LogP contribution in [0.4, 0.5) is 0 Å². The van der Waals surface area contributed by atoms with Gasteiger partial charge in [0, 0.05) is 11.0 Å². The van der Waals surface area contributed by atoms with Crippen molar-refractivity contribution in [3.05, 3.63) is 17.7 Å². The third-order valence-electron chi connectivity index (χ3n) is 1.48. The Balaban J connectivity index is 2.49. The Morgan fingerprint density at radius 2 is 2.50 bits per heavy atom. The molecule has 0 spiro atoms. The quantitative estimate of drug-likeness (QED) is 0.748. The zero-order chi connectivity index (χ0) is 7.40. The molecule has 1 rings (SSSR count). The molecule has 1 aromatic heterocycles. The zero-order valence-corrected chi connectivity index (χ0v) is 7.61. The maximum atomic E-state index is 4.18. The molecule has 1 aromatic rings. The molecular weight excluding hydrogens is 192 g/mol. The molecule has 0 radical (unpaired) electrons. The Bertz CT molecular complexity index is 195. The number of nitrogens with one attached hydrogen (secondary N) is 1. The van der Waals surface area contributed by atoms with E-state index >= 15 is 0 Å². The van der Waals surface area contributed by atoms with Gasteiger partial charge in [-0.1, -0.05) is 15.9 Å². The average Bonchev–Trinajstić information content (AvgIpc) is 2.31. The summed E-state index contributed by atoms with van der Waals surface area (Å²) in [5.74, 6) is 0. The van der Waals surface area contributed by atoms with Crippen LogP contribution in [0.1, 0.15) is 17.8 Å². The summed E-state index contributed by atoms with van der Waals surface area (Å²) in [5, 5.41) is 1.05. The van der Waals surface area contributed by atoms with Gasteiger partial charge < -0.3 is 4.98 Å². The van der Waals surface area contributed by atoms with Crippen LogP contribution < -0.4 is 0 Å². The van der Waals surface area contributed by atoms with Crippen molar-refractivity contribution in [2.24, 2.45) is 0 Å². The summed E-state index contributed by atoms with van der Waals surface area (Å²) in [6.07, 6.45) is 3.98. The third kappa shape index (κ3) is 1.84. The second-order valence-corrected chi connectivity index (χ2v) is 3.06. The Morgan fingerprint density at radius 1 is 1.70 bits per heavy atom. The second kappa shape index (κ2) is 3.76. The van der Waals surface area contributed by atoms with Gasteiger partial charge in [-0.25, -0.2) is 4.98 Å². The molecule has 1 heterocycles. The van der Waals surface area contributed by atoms with Crippen molar-refractivity contribution in [1.29, 1.82) is 0 Å². The lowest BCUT2D eigenvalue weighted by atomic mass is 10.2. The second-order valence-electron chi connectivity index (χ2n) is 2.27. The number of imidazole rings is 1. The number of hydrogen-bond donors (Lipinski definition) is 1. The van der Waals surface area contributed by atoms with Crippen LogP contribution in [0.5, 0.6) is 0 Å². The summed E-state index contributed by atoms with van der Waals surface area (Å²) < 4.78 is 0. The van der Waals surface area contributed by atoms with Crippen molar-refractivity contribution in [1.82, 2.24) is 9.97 Å². The lowest BCUT2D eigenvalue weighted by molar-refractivity contribution is 0.896. The predicted molar refractivity (Wildman–Crippen MR) is 45.4 cm³/mol. The number of nitrogens with zero attached hydrogens (tertiary/aromatic N) is 1. The van der Waals surface area contributed by atoms with Gasteiger partial charge in [-0.2, -0.15) is 0 Å². The number of aromatic nitrogens is 2. The summed E-state index contributed by atoms with van der Waals surface area (Å²) >= 11 is 3.38. The highest BCUT2D eigenvalue weighted by Crippen LogP contribution is 2.04. The van der Waals surface area contributed by atoms with E-state index in [0.717, 1.165) is 18.2 Å². The van der Waals surface area contributed by atoms with Crippen LogP contribution in [0.3, 0.4) is 0 Å². The fraction of sp³-hybridized carbons (Fsp3) is 0.571. The molecule has 0 aromatic carbocycles. The fourth-order valence-corrected chi connectivity index (χ4v) is 1.15. The van der Waals surface area contributed by atoms with Gasteiger partial charge in [0.05, 0.1) is 12.0 Å². The molecule has 0 saturated heterocycles. The van der Waals surface area contributed by atoms with Crippen molar-refractivity contribution in [2.45, 2.75) is 19.8 Å². The van der Waals surface area contributed by atoms with Crippen LogP contribution in [0.2, 0.25) is 0 Å². The number of halogens is 1. The first-order chi connectivity index (χ1) is 4.84. The van der Waals surface area contributed by atoms with E-state index in [1.54, 1.807) is 6.33 Å². The predicted octanol–water partition coefficient (Wildman–Crippen LogP) is 2.05. The van der Waals surface area contributed by atoms with E-state index in [-0.39, 0.29) is 0 Å². The minimum atomic E-state index is 1.05. The average molecular weight is 203 g/mol. The van der Waals surface area contributed by atoms with E-state index in [2.05, 4.69) is 32.8 Å². The molecule has 1 N–H and O–H groups in total. The molecule has 56 valence electrons. The van der Waals surface area contributed by atoms with E-state index in [0.29, 0.717) is 0 Å². The lowest BCUT2D eigenvalue weighted by Gasteiger charge is -1.93. The largest absolute Gasteiger partial charge is 0.348 e. The highest BCUT2D eigenvalue weighted by Gasteiger charge is 1.98. The molecule has 0 aliphatic heterocycles. The Hall–Kier alpha value is -0.310. The Labute approximate surface area is 69.2 Å². The van der Waals surface area contributed by atoms with Gasteiger partial charge in [-0.05, 0) is 19.8 Å². The first-order valence-electron chi connectivity index (χ1n) is 3.39.